The molecule has 116 valence electrons. The van der Waals surface area contributed by atoms with Crippen molar-refractivity contribution in [2.24, 2.45) is 0 Å². The van der Waals surface area contributed by atoms with Gasteiger partial charge >= 0.3 is 0 Å². The molecule has 0 aliphatic heterocycles. The van der Waals surface area contributed by atoms with E-state index in [4.69, 9.17) is 0 Å². The fourth-order valence-electron chi connectivity index (χ4n) is 1.97. The van der Waals surface area contributed by atoms with Crippen molar-refractivity contribution < 1.29 is 9.59 Å². The van der Waals surface area contributed by atoms with Crippen molar-refractivity contribution in [3.05, 3.63) is 48.3 Å². The second kappa shape index (κ2) is 6.53. The predicted octanol–water partition coefficient (Wildman–Crippen LogP) is 3.29. The van der Waals surface area contributed by atoms with E-state index in [0.717, 1.165) is 10.2 Å². The third-order valence-corrected chi connectivity index (χ3v) is 4.09. The van der Waals surface area contributed by atoms with Gasteiger partial charge in [0.25, 0.3) is 5.91 Å². The van der Waals surface area contributed by atoms with Crippen molar-refractivity contribution in [1.29, 1.82) is 0 Å². The highest BCUT2D eigenvalue weighted by Crippen LogP contribution is 2.28. The summed E-state index contributed by atoms with van der Waals surface area (Å²) >= 11 is 1.37. The molecule has 1 aromatic carbocycles. The minimum atomic E-state index is -0.198. The summed E-state index contributed by atoms with van der Waals surface area (Å²) in [5, 5.41) is 6.14. The fourth-order valence-corrected chi connectivity index (χ4v) is 2.89. The topological polar surface area (TPSA) is 84.0 Å². The van der Waals surface area contributed by atoms with Crippen molar-refractivity contribution in [3.63, 3.8) is 0 Å². The van der Waals surface area contributed by atoms with Gasteiger partial charge in [0, 0.05) is 30.1 Å². The predicted molar refractivity (Wildman–Crippen MR) is 90.7 cm³/mol. The van der Waals surface area contributed by atoms with Gasteiger partial charge in [-0.25, -0.2) is 4.98 Å². The normalized spacial score (nSPS) is 10.5. The number of fused-ring (bicyclic) bond motifs is 1. The number of hydrogen-bond acceptors (Lipinski definition) is 5. The molecule has 0 fully saturated rings. The Labute approximate surface area is 136 Å². The second-order valence-corrected chi connectivity index (χ2v) is 5.82. The van der Waals surface area contributed by atoms with Crippen LogP contribution in [0.5, 0.6) is 0 Å². The average Bonchev–Trinajstić information content (AvgIpc) is 2.96. The zero-order valence-electron chi connectivity index (χ0n) is 12.4. The Balaban J connectivity index is 1.80. The SMILES string of the molecule is CCC(=O)Nc1nc2ccc(NC(=O)c3ccncc3)cc2s1. The maximum atomic E-state index is 12.1. The number of nitrogens with one attached hydrogen (secondary N) is 2. The van der Waals surface area contributed by atoms with Crippen molar-refractivity contribution in [2.75, 3.05) is 10.6 Å². The maximum absolute atomic E-state index is 12.1. The van der Waals surface area contributed by atoms with Crippen LogP contribution in [0.3, 0.4) is 0 Å². The van der Waals surface area contributed by atoms with E-state index in [0.29, 0.717) is 22.8 Å². The first-order chi connectivity index (χ1) is 11.2. The molecule has 0 saturated heterocycles. The molecule has 0 spiro atoms. The van der Waals surface area contributed by atoms with E-state index in [9.17, 15) is 9.59 Å². The van der Waals surface area contributed by atoms with Crippen LogP contribution in [0.4, 0.5) is 10.8 Å². The number of benzene rings is 1. The third-order valence-electron chi connectivity index (χ3n) is 3.16. The average molecular weight is 326 g/mol. The molecule has 0 saturated carbocycles. The minimum absolute atomic E-state index is 0.0738. The molecule has 0 unspecified atom stereocenters. The third kappa shape index (κ3) is 3.51. The lowest BCUT2D eigenvalue weighted by Gasteiger charge is -2.04. The quantitative estimate of drug-likeness (QED) is 0.770. The molecular weight excluding hydrogens is 312 g/mol. The Morgan fingerprint density at radius 3 is 2.65 bits per heavy atom. The Kier molecular flexibility index (Phi) is 4.29. The number of rotatable bonds is 4. The van der Waals surface area contributed by atoms with Crippen LogP contribution in [-0.4, -0.2) is 21.8 Å². The van der Waals surface area contributed by atoms with E-state index in [1.807, 2.05) is 12.1 Å². The molecule has 2 amide bonds. The number of carbonyl (C=O) groups is 2. The van der Waals surface area contributed by atoms with Gasteiger partial charge in [0.05, 0.1) is 10.2 Å². The highest BCUT2D eigenvalue weighted by atomic mass is 32.1. The first-order valence-electron chi connectivity index (χ1n) is 7.07. The summed E-state index contributed by atoms with van der Waals surface area (Å²) in [5.74, 6) is -0.272. The molecule has 0 bridgehead atoms. The number of hydrogen-bond donors (Lipinski definition) is 2. The first kappa shape index (κ1) is 15.1. The molecular formula is C16H14N4O2S. The second-order valence-electron chi connectivity index (χ2n) is 4.79. The van der Waals surface area contributed by atoms with Gasteiger partial charge in [0.1, 0.15) is 0 Å². The van der Waals surface area contributed by atoms with Crippen LogP contribution in [0, 0.1) is 0 Å². The largest absolute Gasteiger partial charge is 0.322 e. The van der Waals surface area contributed by atoms with Gasteiger partial charge in [-0.3, -0.25) is 14.6 Å². The van der Waals surface area contributed by atoms with Gasteiger partial charge in [-0.2, -0.15) is 0 Å². The van der Waals surface area contributed by atoms with E-state index in [1.54, 1.807) is 37.5 Å². The van der Waals surface area contributed by atoms with Crippen molar-refractivity contribution in [3.8, 4) is 0 Å². The summed E-state index contributed by atoms with van der Waals surface area (Å²) in [7, 11) is 0. The Hall–Kier alpha value is -2.80. The lowest BCUT2D eigenvalue weighted by molar-refractivity contribution is -0.115. The Bertz CT molecular complexity index is 861. The summed E-state index contributed by atoms with van der Waals surface area (Å²) in [6.07, 6.45) is 3.55. The highest BCUT2D eigenvalue weighted by molar-refractivity contribution is 7.22. The van der Waals surface area contributed by atoms with Gasteiger partial charge < -0.3 is 10.6 Å². The van der Waals surface area contributed by atoms with Crippen LogP contribution in [0.1, 0.15) is 23.7 Å². The minimum Gasteiger partial charge on any atom is -0.322 e. The standard InChI is InChI=1S/C16H14N4O2S/c1-2-14(21)20-16-19-12-4-3-11(9-13(12)23-16)18-15(22)10-5-7-17-8-6-10/h3-9H,2H2,1H3,(H,18,22)(H,19,20,21). The maximum Gasteiger partial charge on any atom is 0.255 e. The van der Waals surface area contributed by atoms with Gasteiger partial charge in [-0.05, 0) is 30.3 Å². The van der Waals surface area contributed by atoms with Crippen LogP contribution < -0.4 is 10.6 Å². The molecule has 6 nitrogen and oxygen atoms in total. The number of aromatic nitrogens is 2. The first-order valence-corrected chi connectivity index (χ1v) is 7.89. The molecule has 2 heterocycles. The molecule has 2 aromatic heterocycles. The molecule has 0 aliphatic carbocycles. The van der Waals surface area contributed by atoms with Gasteiger partial charge in [0.15, 0.2) is 5.13 Å². The fraction of sp³-hybridized carbons (Fsp3) is 0.125. The molecule has 0 aliphatic rings. The van der Waals surface area contributed by atoms with E-state index < -0.39 is 0 Å². The summed E-state index contributed by atoms with van der Waals surface area (Å²) in [6.45, 7) is 1.79. The molecule has 0 radical (unpaired) electrons. The van der Waals surface area contributed by atoms with Gasteiger partial charge in [-0.15, -0.1) is 0 Å². The number of anilines is 2. The smallest absolute Gasteiger partial charge is 0.255 e. The molecule has 7 heteroatoms. The van der Waals surface area contributed by atoms with E-state index in [-0.39, 0.29) is 11.8 Å². The molecule has 23 heavy (non-hydrogen) atoms. The zero-order valence-corrected chi connectivity index (χ0v) is 13.2. The van der Waals surface area contributed by atoms with E-state index >= 15 is 0 Å². The molecule has 3 rings (SSSR count). The van der Waals surface area contributed by atoms with E-state index in [2.05, 4.69) is 20.6 Å². The summed E-state index contributed by atoms with van der Waals surface area (Å²) in [6, 6.07) is 8.74. The van der Waals surface area contributed by atoms with Crippen LogP contribution >= 0.6 is 11.3 Å². The number of pyridine rings is 1. The van der Waals surface area contributed by atoms with Gasteiger partial charge in [0.2, 0.25) is 5.91 Å². The van der Waals surface area contributed by atoms with Crippen LogP contribution in [0.2, 0.25) is 0 Å². The van der Waals surface area contributed by atoms with Crippen molar-refractivity contribution in [1.82, 2.24) is 9.97 Å². The molecule has 0 atom stereocenters. The van der Waals surface area contributed by atoms with Crippen molar-refractivity contribution in [2.45, 2.75) is 13.3 Å². The monoisotopic (exact) mass is 326 g/mol. The summed E-state index contributed by atoms with van der Waals surface area (Å²) in [5.41, 5.74) is 2.00. The van der Waals surface area contributed by atoms with E-state index in [1.165, 1.54) is 11.3 Å². The molecule has 2 N–H and O–H groups in total. The van der Waals surface area contributed by atoms with Crippen molar-refractivity contribution >= 4 is 44.2 Å². The number of nitrogens with zero attached hydrogens (tertiary/aromatic N) is 2. The number of thiazole rings is 1. The number of amides is 2. The highest BCUT2D eigenvalue weighted by Gasteiger charge is 2.09. The lowest BCUT2D eigenvalue weighted by Crippen LogP contribution is -2.11. The van der Waals surface area contributed by atoms with Crippen LogP contribution in [0.15, 0.2) is 42.7 Å². The van der Waals surface area contributed by atoms with Crippen LogP contribution in [-0.2, 0) is 4.79 Å². The molecule has 3 aromatic rings. The Morgan fingerprint density at radius 1 is 1.13 bits per heavy atom. The summed E-state index contributed by atoms with van der Waals surface area (Å²) in [4.78, 5) is 31.8. The Morgan fingerprint density at radius 2 is 1.91 bits per heavy atom. The number of carbonyl (C=O) groups excluding carboxylic acids is 2. The lowest BCUT2D eigenvalue weighted by atomic mass is 10.2. The zero-order chi connectivity index (χ0) is 16.2. The van der Waals surface area contributed by atoms with Gasteiger partial charge in [-0.1, -0.05) is 18.3 Å². The van der Waals surface area contributed by atoms with Crippen LogP contribution in [0.25, 0.3) is 10.2 Å². The summed E-state index contributed by atoms with van der Waals surface area (Å²) < 4.78 is 0.893.